The molecule has 2 rings (SSSR count). The largest absolute Gasteiger partial charge is 0.497 e. The van der Waals surface area contributed by atoms with Gasteiger partial charge in [0.2, 0.25) is 0 Å². The molecule has 116 valence electrons. The summed E-state index contributed by atoms with van der Waals surface area (Å²) in [4.78, 5) is 12.3. The highest BCUT2D eigenvalue weighted by molar-refractivity contribution is 5.96. The van der Waals surface area contributed by atoms with E-state index in [0.29, 0.717) is 12.1 Å². The molecule has 0 saturated carbocycles. The highest BCUT2D eigenvalue weighted by Gasteiger charge is 2.12. The molecule has 0 bridgehead atoms. The molecule has 0 aliphatic rings. The van der Waals surface area contributed by atoms with Gasteiger partial charge in [-0.25, -0.2) is 0 Å². The van der Waals surface area contributed by atoms with Crippen molar-refractivity contribution in [1.82, 2.24) is 5.32 Å². The Hall–Kier alpha value is -2.49. The number of benzene rings is 2. The maximum Gasteiger partial charge on any atom is 0.251 e. The molecule has 2 aromatic rings. The van der Waals surface area contributed by atoms with Crippen molar-refractivity contribution in [2.45, 2.75) is 20.4 Å². The second-order valence-electron chi connectivity index (χ2n) is 5.17. The van der Waals surface area contributed by atoms with Gasteiger partial charge in [0.05, 0.1) is 14.2 Å². The summed E-state index contributed by atoms with van der Waals surface area (Å²) in [5.74, 6) is 1.51. The average molecular weight is 299 g/mol. The molecule has 2 aromatic carbocycles. The number of nitrogens with one attached hydrogen (secondary N) is 1. The van der Waals surface area contributed by atoms with Gasteiger partial charge in [-0.05, 0) is 54.8 Å². The SMILES string of the molecule is COc1ccc(CNC(=O)c2cc(C)c(OC)cc2C)cc1. The molecular formula is C18H21NO3. The van der Waals surface area contributed by atoms with E-state index >= 15 is 0 Å². The summed E-state index contributed by atoms with van der Waals surface area (Å²) in [6.45, 7) is 4.32. The number of hydrogen-bond donors (Lipinski definition) is 1. The molecule has 0 saturated heterocycles. The molecule has 4 nitrogen and oxygen atoms in total. The van der Waals surface area contributed by atoms with Crippen molar-refractivity contribution in [2.24, 2.45) is 0 Å². The molecule has 0 atom stereocenters. The van der Waals surface area contributed by atoms with Gasteiger partial charge in [0.25, 0.3) is 5.91 Å². The first-order chi connectivity index (χ1) is 10.5. The van der Waals surface area contributed by atoms with Crippen LogP contribution in [-0.2, 0) is 6.54 Å². The summed E-state index contributed by atoms with van der Waals surface area (Å²) in [7, 11) is 3.26. The number of aryl methyl sites for hydroxylation is 2. The summed E-state index contributed by atoms with van der Waals surface area (Å²) < 4.78 is 10.4. The van der Waals surface area contributed by atoms with Crippen LogP contribution in [0.1, 0.15) is 27.0 Å². The Kier molecular flexibility index (Phi) is 5.04. The molecular weight excluding hydrogens is 278 g/mol. The van der Waals surface area contributed by atoms with Crippen LogP contribution < -0.4 is 14.8 Å². The molecule has 0 fully saturated rings. The Morgan fingerprint density at radius 1 is 1.00 bits per heavy atom. The third-order valence-corrected chi connectivity index (χ3v) is 3.60. The molecule has 0 heterocycles. The summed E-state index contributed by atoms with van der Waals surface area (Å²) in [6.07, 6.45) is 0. The van der Waals surface area contributed by atoms with Crippen molar-refractivity contribution in [3.8, 4) is 11.5 Å². The number of rotatable bonds is 5. The molecule has 4 heteroatoms. The maximum atomic E-state index is 12.3. The van der Waals surface area contributed by atoms with Gasteiger partial charge in [-0.2, -0.15) is 0 Å². The van der Waals surface area contributed by atoms with E-state index < -0.39 is 0 Å². The fraction of sp³-hybridized carbons (Fsp3) is 0.278. The summed E-state index contributed by atoms with van der Waals surface area (Å²) >= 11 is 0. The number of ether oxygens (including phenoxy) is 2. The van der Waals surface area contributed by atoms with E-state index in [1.807, 2.05) is 50.2 Å². The number of carbonyl (C=O) groups is 1. The van der Waals surface area contributed by atoms with E-state index in [2.05, 4.69) is 5.32 Å². The number of amides is 1. The molecule has 0 aromatic heterocycles. The monoisotopic (exact) mass is 299 g/mol. The van der Waals surface area contributed by atoms with Crippen LogP contribution in [0.4, 0.5) is 0 Å². The van der Waals surface area contributed by atoms with Gasteiger partial charge in [0.15, 0.2) is 0 Å². The molecule has 0 spiro atoms. The Bertz CT molecular complexity index is 663. The van der Waals surface area contributed by atoms with Gasteiger partial charge < -0.3 is 14.8 Å². The third-order valence-electron chi connectivity index (χ3n) is 3.60. The summed E-state index contributed by atoms with van der Waals surface area (Å²) in [5.41, 5.74) is 3.54. The Morgan fingerprint density at radius 2 is 1.68 bits per heavy atom. The van der Waals surface area contributed by atoms with Crippen LogP contribution in [0.5, 0.6) is 11.5 Å². The summed E-state index contributed by atoms with van der Waals surface area (Å²) in [5, 5.41) is 2.94. The lowest BCUT2D eigenvalue weighted by Gasteiger charge is -2.12. The van der Waals surface area contributed by atoms with Crippen LogP contribution >= 0.6 is 0 Å². The Labute approximate surface area is 131 Å². The normalized spacial score (nSPS) is 10.2. The first-order valence-corrected chi connectivity index (χ1v) is 7.11. The van der Waals surface area contributed by atoms with Crippen LogP contribution in [0.3, 0.4) is 0 Å². The van der Waals surface area contributed by atoms with Crippen molar-refractivity contribution in [1.29, 1.82) is 0 Å². The Morgan fingerprint density at radius 3 is 2.27 bits per heavy atom. The van der Waals surface area contributed by atoms with Crippen LogP contribution in [0.2, 0.25) is 0 Å². The van der Waals surface area contributed by atoms with Crippen LogP contribution in [0.15, 0.2) is 36.4 Å². The van der Waals surface area contributed by atoms with E-state index in [9.17, 15) is 4.79 Å². The van der Waals surface area contributed by atoms with Crippen molar-refractivity contribution in [2.75, 3.05) is 14.2 Å². The van der Waals surface area contributed by atoms with E-state index in [4.69, 9.17) is 9.47 Å². The molecule has 22 heavy (non-hydrogen) atoms. The van der Waals surface area contributed by atoms with Crippen LogP contribution in [-0.4, -0.2) is 20.1 Å². The number of hydrogen-bond acceptors (Lipinski definition) is 3. The van der Waals surface area contributed by atoms with E-state index in [0.717, 1.165) is 28.2 Å². The molecule has 0 unspecified atom stereocenters. The maximum absolute atomic E-state index is 12.3. The smallest absolute Gasteiger partial charge is 0.251 e. The van der Waals surface area contributed by atoms with Gasteiger partial charge in [-0.1, -0.05) is 12.1 Å². The third kappa shape index (κ3) is 3.58. The number of carbonyl (C=O) groups excluding carboxylic acids is 1. The fourth-order valence-corrected chi connectivity index (χ4v) is 2.28. The highest BCUT2D eigenvalue weighted by atomic mass is 16.5. The van der Waals surface area contributed by atoms with Gasteiger partial charge in [-0.3, -0.25) is 4.79 Å². The quantitative estimate of drug-likeness (QED) is 0.922. The van der Waals surface area contributed by atoms with Crippen molar-refractivity contribution < 1.29 is 14.3 Å². The zero-order valence-electron chi connectivity index (χ0n) is 13.4. The second-order valence-corrected chi connectivity index (χ2v) is 5.17. The predicted molar refractivity (Wildman–Crippen MR) is 86.6 cm³/mol. The zero-order valence-corrected chi connectivity index (χ0v) is 13.4. The van der Waals surface area contributed by atoms with Gasteiger partial charge in [0.1, 0.15) is 11.5 Å². The minimum Gasteiger partial charge on any atom is -0.497 e. The van der Waals surface area contributed by atoms with Crippen LogP contribution in [0.25, 0.3) is 0 Å². The van der Waals surface area contributed by atoms with Crippen molar-refractivity contribution in [3.63, 3.8) is 0 Å². The molecule has 0 radical (unpaired) electrons. The minimum absolute atomic E-state index is 0.0842. The van der Waals surface area contributed by atoms with Crippen molar-refractivity contribution >= 4 is 5.91 Å². The van der Waals surface area contributed by atoms with E-state index in [1.165, 1.54) is 0 Å². The highest BCUT2D eigenvalue weighted by Crippen LogP contribution is 2.22. The fourth-order valence-electron chi connectivity index (χ4n) is 2.28. The molecule has 1 N–H and O–H groups in total. The van der Waals surface area contributed by atoms with E-state index in [-0.39, 0.29) is 5.91 Å². The zero-order chi connectivity index (χ0) is 16.1. The lowest BCUT2D eigenvalue weighted by atomic mass is 10.0. The summed E-state index contributed by atoms with van der Waals surface area (Å²) in [6, 6.07) is 11.4. The first-order valence-electron chi connectivity index (χ1n) is 7.11. The second kappa shape index (κ2) is 6.98. The average Bonchev–Trinajstić information content (AvgIpc) is 2.54. The van der Waals surface area contributed by atoms with Crippen molar-refractivity contribution in [3.05, 3.63) is 58.7 Å². The molecule has 1 amide bonds. The van der Waals surface area contributed by atoms with E-state index in [1.54, 1.807) is 14.2 Å². The van der Waals surface area contributed by atoms with Crippen LogP contribution in [0, 0.1) is 13.8 Å². The molecule has 0 aliphatic heterocycles. The lowest BCUT2D eigenvalue weighted by molar-refractivity contribution is 0.0950. The Balaban J connectivity index is 2.07. The van der Waals surface area contributed by atoms with Gasteiger partial charge in [0, 0.05) is 12.1 Å². The standard InChI is InChI=1S/C18H21NO3/c1-12-10-17(22-4)13(2)9-16(12)18(20)19-11-14-5-7-15(21-3)8-6-14/h5-10H,11H2,1-4H3,(H,19,20). The minimum atomic E-state index is -0.0842. The first kappa shape index (κ1) is 15.9. The predicted octanol–water partition coefficient (Wildman–Crippen LogP) is 3.25. The van der Waals surface area contributed by atoms with Gasteiger partial charge in [-0.15, -0.1) is 0 Å². The lowest BCUT2D eigenvalue weighted by Crippen LogP contribution is -2.23. The molecule has 0 aliphatic carbocycles. The topological polar surface area (TPSA) is 47.6 Å². The number of methoxy groups -OCH3 is 2. The van der Waals surface area contributed by atoms with Gasteiger partial charge >= 0.3 is 0 Å².